The van der Waals surface area contributed by atoms with Crippen LogP contribution in [0.4, 0.5) is 0 Å². The van der Waals surface area contributed by atoms with Crippen LogP contribution in [0.25, 0.3) is 0 Å². The summed E-state index contributed by atoms with van der Waals surface area (Å²) in [6, 6.07) is 9.45. The highest BCUT2D eigenvalue weighted by atomic mass is 16.5. The third kappa shape index (κ3) is 3.88. The molecule has 4 atom stereocenters. The number of amides is 1. The van der Waals surface area contributed by atoms with E-state index in [1.807, 2.05) is 17.0 Å². The molecule has 6 heteroatoms. The second-order valence-corrected chi connectivity index (χ2v) is 8.54. The predicted octanol–water partition coefficient (Wildman–Crippen LogP) is 2.93. The molecule has 0 spiro atoms. The minimum Gasteiger partial charge on any atom is -0.497 e. The summed E-state index contributed by atoms with van der Waals surface area (Å²) < 4.78 is 5.30. The van der Waals surface area contributed by atoms with Crippen molar-refractivity contribution in [2.75, 3.05) is 26.7 Å². The Bertz CT molecular complexity index is 720. The normalized spacial score (nSPS) is 29.8. The standard InChI is InChI=1S/C22H30N2O4/c1-28-18-7-5-16(6-8-18)19-3-2-4-20-17-11-15(13-24(19)20)12-23(14-17)21(25)9-10-22(26)27/h5-8,15,17,19-20H,2-4,9-14H2,1H3,(H,26,27)/t15-,17+,19+,20-/m0/s1. The molecule has 0 unspecified atom stereocenters. The zero-order valence-electron chi connectivity index (χ0n) is 16.5. The van der Waals surface area contributed by atoms with Crippen molar-refractivity contribution in [2.45, 2.75) is 50.6 Å². The molecule has 28 heavy (non-hydrogen) atoms. The van der Waals surface area contributed by atoms with Gasteiger partial charge in [0.25, 0.3) is 0 Å². The highest BCUT2D eigenvalue weighted by molar-refractivity contribution is 5.80. The van der Waals surface area contributed by atoms with Crippen LogP contribution in [0, 0.1) is 11.8 Å². The Balaban J connectivity index is 1.46. The van der Waals surface area contributed by atoms with E-state index in [1.165, 1.54) is 31.2 Å². The number of carbonyl (C=O) groups excluding carboxylic acids is 1. The molecule has 0 aromatic heterocycles. The lowest BCUT2D eigenvalue weighted by Gasteiger charge is -2.55. The number of methoxy groups -OCH3 is 1. The van der Waals surface area contributed by atoms with Gasteiger partial charge >= 0.3 is 5.97 Å². The van der Waals surface area contributed by atoms with Crippen LogP contribution in [0.3, 0.4) is 0 Å². The summed E-state index contributed by atoms with van der Waals surface area (Å²) in [4.78, 5) is 27.9. The summed E-state index contributed by atoms with van der Waals surface area (Å²) in [6.07, 6.45) is 4.84. The molecule has 1 aromatic carbocycles. The number of piperidine rings is 3. The number of ether oxygens (including phenoxy) is 1. The Labute approximate surface area is 166 Å². The maximum atomic E-state index is 12.5. The van der Waals surface area contributed by atoms with Gasteiger partial charge in [0.1, 0.15) is 5.75 Å². The van der Waals surface area contributed by atoms with Crippen LogP contribution in [0.1, 0.15) is 50.1 Å². The maximum Gasteiger partial charge on any atom is 0.303 e. The van der Waals surface area contributed by atoms with Crippen LogP contribution >= 0.6 is 0 Å². The first-order valence-electron chi connectivity index (χ1n) is 10.4. The zero-order chi connectivity index (χ0) is 19.7. The number of fused-ring (bicyclic) bond motifs is 4. The van der Waals surface area contributed by atoms with Gasteiger partial charge in [-0.3, -0.25) is 14.5 Å². The van der Waals surface area contributed by atoms with E-state index < -0.39 is 5.97 Å². The summed E-state index contributed by atoms with van der Waals surface area (Å²) in [6.45, 7) is 2.58. The number of aliphatic carboxylic acids is 1. The van der Waals surface area contributed by atoms with Gasteiger partial charge in [0, 0.05) is 38.1 Å². The topological polar surface area (TPSA) is 70.1 Å². The molecule has 1 aromatic rings. The summed E-state index contributed by atoms with van der Waals surface area (Å²) in [7, 11) is 1.70. The molecular weight excluding hydrogens is 356 g/mol. The van der Waals surface area contributed by atoms with Crippen molar-refractivity contribution < 1.29 is 19.4 Å². The Morgan fingerprint density at radius 1 is 1.11 bits per heavy atom. The number of benzene rings is 1. The van der Waals surface area contributed by atoms with Crippen molar-refractivity contribution in [1.82, 2.24) is 9.80 Å². The van der Waals surface area contributed by atoms with Gasteiger partial charge in [0.05, 0.1) is 13.5 Å². The van der Waals surface area contributed by atoms with Gasteiger partial charge in [-0.2, -0.15) is 0 Å². The minimum atomic E-state index is -0.897. The molecule has 0 radical (unpaired) electrons. The molecule has 4 rings (SSSR count). The molecule has 1 amide bonds. The number of hydrogen-bond acceptors (Lipinski definition) is 4. The summed E-state index contributed by atoms with van der Waals surface area (Å²) >= 11 is 0. The lowest BCUT2D eigenvalue weighted by molar-refractivity contribution is -0.144. The van der Waals surface area contributed by atoms with E-state index in [0.29, 0.717) is 23.9 Å². The SMILES string of the molecule is COc1ccc([C@H]2CCC[C@H]3[C@@H]4C[C@@H](CN(C(=O)CCC(=O)O)C4)CN23)cc1. The van der Waals surface area contributed by atoms with Crippen LogP contribution in [-0.4, -0.2) is 59.6 Å². The molecule has 3 aliphatic rings. The molecule has 3 aliphatic heterocycles. The smallest absolute Gasteiger partial charge is 0.303 e. The average Bonchev–Trinajstić information content (AvgIpc) is 2.71. The Morgan fingerprint density at radius 2 is 1.89 bits per heavy atom. The average molecular weight is 386 g/mol. The number of carboxylic acids is 1. The zero-order valence-corrected chi connectivity index (χ0v) is 16.5. The third-order valence-electron chi connectivity index (χ3n) is 6.79. The number of rotatable bonds is 5. The van der Waals surface area contributed by atoms with E-state index in [-0.39, 0.29) is 18.7 Å². The fraction of sp³-hybridized carbons (Fsp3) is 0.636. The predicted molar refractivity (Wildman–Crippen MR) is 105 cm³/mol. The molecule has 3 fully saturated rings. The molecule has 152 valence electrons. The Kier molecular flexibility index (Phi) is 5.58. The molecular formula is C22H30N2O4. The van der Waals surface area contributed by atoms with Crippen molar-refractivity contribution in [3.8, 4) is 5.75 Å². The summed E-state index contributed by atoms with van der Waals surface area (Å²) in [5.41, 5.74) is 1.36. The van der Waals surface area contributed by atoms with Gasteiger partial charge in [-0.05, 0) is 55.2 Å². The molecule has 2 bridgehead atoms. The van der Waals surface area contributed by atoms with E-state index in [0.717, 1.165) is 25.4 Å². The fourth-order valence-corrected chi connectivity index (χ4v) is 5.57. The van der Waals surface area contributed by atoms with E-state index in [9.17, 15) is 9.59 Å². The number of carbonyl (C=O) groups is 2. The van der Waals surface area contributed by atoms with Gasteiger partial charge in [-0.1, -0.05) is 12.1 Å². The molecule has 3 heterocycles. The Hall–Kier alpha value is -2.08. The lowest BCUT2D eigenvalue weighted by atomic mass is 9.74. The van der Waals surface area contributed by atoms with Gasteiger partial charge in [0.2, 0.25) is 5.91 Å². The van der Waals surface area contributed by atoms with Gasteiger partial charge < -0.3 is 14.7 Å². The van der Waals surface area contributed by atoms with Gasteiger partial charge in [-0.25, -0.2) is 0 Å². The number of carboxylic acid groups (broad SMARTS) is 1. The third-order valence-corrected chi connectivity index (χ3v) is 6.79. The van der Waals surface area contributed by atoms with Crippen molar-refractivity contribution in [1.29, 1.82) is 0 Å². The first-order chi connectivity index (χ1) is 13.5. The van der Waals surface area contributed by atoms with Crippen LogP contribution < -0.4 is 4.74 Å². The van der Waals surface area contributed by atoms with Crippen LogP contribution in [0.5, 0.6) is 5.75 Å². The quantitative estimate of drug-likeness (QED) is 0.843. The van der Waals surface area contributed by atoms with E-state index >= 15 is 0 Å². The number of nitrogens with zero attached hydrogens (tertiary/aromatic N) is 2. The first kappa shape index (κ1) is 19.2. The van der Waals surface area contributed by atoms with Gasteiger partial charge in [-0.15, -0.1) is 0 Å². The van der Waals surface area contributed by atoms with E-state index in [2.05, 4.69) is 17.0 Å². The van der Waals surface area contributed by atoms with E-state index in [4.69, 9.17) is 9.84 Å². The monoisotopic (exact) mass is 386 g/mol. The molecule has 6 nitrogen and oxygen atoms in total. The number of hydrogen-bond donors (Lipinski definition) is 1. The van der Waals surface area contributed by atoms with Crippen LogP contribution in [0.2, 0.25) is 0 Å². The lowest BCUT2D eigenvalue weighted by Crippen LogP contribution is -2.60. The molecule has 3 saturated heterocycles. The summed E-state index contributed by atoms with van der Waals surface area (Å²) in [5.74, 6) is 0.992. The van der Waals surface area contributed by atoms with Crippen molar-refractivity contribution in [3.63, 3.8) is 0 Å². The first-order valence-corrected chi connectivity index (χ1v) is 10.4. The van der Waals surface area contributed by atoms with Crippen molar-refractivity contribution >= 4 is 11.9 Å². The van der Waals surface area contributed by atoms with Gasteiger partial charge in [0.15, 0.2) is 0 Å². The highest BCUT2D eigenvalue weighted by Gasteiger charge is 2.45. The second kappa shape index (κ2) is 8.11. The van der Waals surface area contributed by atoms with Crippen molar-refractivity contribution in [3.05, 3.63) is 29.8 Å². The Morgan fingerprint density at radius 3 is 2.61 bits per heavy atom. The molecule has 0 saturated carbocycles. The van der Waals surface area contributed by atoms with Crippen molar-refractivity contribution in [2.24, 2.45) is 11.8 Å². The summed E-state index contributed by atoms with van der Waals surface area (Å²) in [5, 5.41) is 8.86. The molecule has 1 N–H and O–H groups in total. The van der Waals surface area contributed by atoms with Crippen LogP contribution in [0.15, 0.2) is 24.3 Å². The van der Waals surface area contributed by atoms with Crippen LogP contribution in [-0.2, 0) is 9.59 Å². The molecule has 0 aliphatic carbocycles. The largest absolute Gasteiger partial charge is 0.497 e. The van der Waals surface area contributed by atoms with E-state index in [1.54, 1.807) is 7.11 Å². The highest BCUT2D eigenvalue weighted by Crippen LogP contribution is 2.44. The second-order valence-electron chi connectivity index (χ2n) is 8.54. The fourth-order valence-electron chi connectivity index (χ4n) is 5.57. The maximum absolute atomic E-state index is 12.5. The number of likely N-dealkylation sites (tertiary alicyclic amines) is 1. The minimum absolute atomic E-state index is 0.00747.